The second-order valence-corrected chi connectivity index (χ2v) is 6.66. The van der Waals surface area contributed by atoms with E-state index in [0.717, 1.165) is 17.8 Å². The molecule has 5 heteroatoms. The minimum atomic E-state index is -0.555. The monoisotopic (exact) mass is 261 g/mol. The van der Waals surface area contributed by atoms with Crippen LogP contribution in [0.4, 0.5) is 0 Å². The molecule has 19 heavy (non-hydrogen) atoms. The zero-order valence-corrected chi connectivity index (χ0v) is 10.9. The molecule has 1 amide bonds. The summed E-state index contributed by atoms with van der Waals surface area (Å²) in [4.78, 5) is 11.7. The van der Waals surface area contributed by atoms with Gasteiger partial charge in [-0.3, -0.25) is 4.79 Å². The molecule has 0 heterocycles. The van der Waals surface area contributed by atoms with Crippen molar-refractivity contribution in [1.29, 1.82) is 5.26 Å². The first-order chi connectivity index (χ1) is 9.14. The largest absolute Gasteiger partial charge is 0.410 e. The van der Waals surface area contributed by atoms with E-state index in [1.165, 1.54) is 38.5 Å². The van der Waals surface area contributed by atoms with Gasteiger partial charge in [-0.1, -0.05) is 5.16 Å². The Morgan fingerprint density at radius 3 is 2.21 bits per heavy atom. The van der Waals surface area contributed by atoms with Crippen LogP contribution < -0.4 is 5.32 Å². The van der Waals surface area contributed by atoms with Crippen molar-refractivity contribution in [2.45, 2.75) is 38.5 Å². The summed E-state index contributed by atoms with van der Waals surface area (Å²) in [5.41, 5.74) is -0.217. The highest BCUT2D eigenvalue weighted by Crippen LogP contribution is 2.59. The van der Waals surface area contributed by atoms with Crippen molar-refractivity contribution < 1.29 is 10.0 Å². The lowest BCUT2D eigenvalue weighted by Crippen LogP contribution is -2.51. The van der Waals surface area contributed by atoms with Gasteiger partial charge in [0.1, 0.15) is 6.07 Å². The Bertz CT molecular complexity index is 429. The molecule has 2 N–H and O–H groups in total. The number of nitrogens with zero attached hydrogens (tertiary/aromatic N) is 2. The number of nitriles is 1. The molecule has 4 fully saturated rings. The fourth-order valence-corrected chi connectivity index (χ4v) is 4.98. The summed E-state index contributed by atoms with van der Waals surface area (Å²) in [5, 5.41) is 22.7. The maximum Gasteiger partial charge on any atom is 0.284 e. The van der Waals surface area contributed by atoms with E-state index in [1.807, 2.05) is 0 Å². The van der Waals surface area contributed by atoms with Crippen molar-refractivity contribution in [2.24, 2.45) is 28.3 Å². The maximum atomic E-state index is 11.7. The quantitative estimate of drug-likeness (QED) is 0.460. The molecule has 0 spiro atoms. The lowest BCUT2D eigenvalue weighted by Gasteiger charge is -2.56. The molecule has 0 aliphatic heterocycles. The fourth-order valence-electron chi connectivity index (χ4n) is 4.98. The average molecular weight is 261 g/mol. The van der Waals surface area contributed by atoms with E-state index in [1.54, 1.807) is 6.07 Å². The van der Waals surface area contributed by atoms with Gasteiger partial charge in [0.15, 0.2) is 0 Å². The third-order valence-corrected chi connectivity index (χ3v) is 5.21. The highest BCUT2D eigenvalue weighted by atomic mass is 16.4. The topological polar surface area (TPSA) is 85.5 Å². The number of carbonyl (C=O) groups excluding carboxylic acids is 1. The van der Waals surface area contributed by atoms with Crippen molar-refractivity contribution in [2.75, 3.05) is 6.54 Å². The standard InChI is InChI=1S/C14H19N3O2/c15-7-12(17-19)13(18)16-8-14-4-9-1-10(5-14)3-11(2-9)6-14/h9-11,19H,1-6,8H2,(H,16,18)/b17-12+. The highest BCUT2D eigenvalue weighted by Gasteiger charge is 2.50. The van der Waals surface area contributed by atoms with Crippen LogP contribution in [0.25, 0.3) is 0 Å². The predicted octanol–water partition coefficient (Wildman–Crippen LogP) is 1.67. The summed E-state index contributed by atoms with van der Waals surface area (Å²) < 4.78 is 0. The molecule has 5 nitrogen and oxygen atoms in total. The molecule has 102 valence electrons. The normalized spacial score (nSPS) is 39.9. The zero-order chi connectivity index (χ0) is 13.5. The molecule has 0 saturated heterocycles. The molecule has 0 radical (unpaired) electrons. The molecular formula is C14H19N3O2. The van der Waals surface area contributed by atoms with E-state index in [0.29, 0.717) is 6.54 Å². The number of rotatable bonds is 3. The minimum absolute atomic E-state index is 0.237. The Morgan fingerprint density at radius 2 is 1.79 bits per heavy atom. The van der Waals surface area contributed by atoms with Crippen molar-refractivity contribution in [3.63, 3.8) is 0 Å². The number of hydrogen-bond acceptors (Lipinski definition) is 4. The fraction of sp³-hybridized carbons (Fsp3) is 0.786. The summed E-state index contributed by atoms with van der Waals surface area (Å²) in [6.07, 6.45) is 7.73. The summed E-state index contributed by atoms with van der Waals surface area (Å²) in [6, 6.07) is 1.60. The van der Waals surface area contributed by atoms with Gasteiger partial charge < -0.3 is 10.5 Å². The predicted molar refractivity (Wildman–Crippen MR) is 68.4 cm³/mol. The van der Waals surface area contributed by atoms with Crippen LogP contribution in [0.2, 0.25) is 0 Å². The number of oxime groups is 1. The van der Waals surface area contributed by atoms with Gasteiger partial charge in [-0.15, -0.1) is 0 Å². The summed E-state index contributed by atoms with van der Waals surface area (Å²) in [6.45, 7) is 0.621. The van der Waals surface area contributed by atoms with E-state index >= 15 is 0 Å². The minimum Gasteiger partial charge on any atom is -0.410 e. The van der Waals surface area contributed by atoms with Gasteiger partial charge in [0.05, 0.1) is 0 Å². The lowest BCUT2D eigenvalue weighted by molar-refractivity contribution is -0.117. The Balaban J connectivity index is 1.64. The Hall–Kier alpha value is -1.57. The van der Waals surface area contributed by atoms with Crippen molar-refractivity contribution in [3.8, 4) is 6.07 Å². The SMILES string of the molecule is N#C/C(=N\O)C(=O)NCC12CC3CC(CC(C3)C1)C2. The van der Waals surface area contributed by atoms with Gasteiger partial charge in [0.25, 0.3) is 5.91 Å². The lowest BCUT2D eigenvalue weighted by atomic mass is 9.49. The molecule has 0 aromatic heterocycles. The van der Waals surface area contributed by atoms with E-state index in [4.69, 9.17) is 10.5 Å². The van der Waals surface area contributed by atoms with Crippen LogP contribution in [0, 0.1) is 34.5 Å². The molecule has 4 aliphatic rings. The Morgan fingerprint density at radius 1 is 1.26 bits per heavy atom. The van der Waals surface area contributed by atoms with Crippen LogP contribution in [-0.2, 0) is 4.79 Å². The molecule has 4 bridgehead atoms. The zero-order valence-electron chi connectivity index (χ0n) is 10.9. The smallest absolute Gasteiger partial charge is 0.284 e. The highest BCUT2D eigenvalue weighted by molar-refractivity contribution is 6.44. The van der Waals surface area contributed by atoms with Gasteiger partial charge in [0, 0.05) is 6.54 Å². The van der Waals surface area contributed by atoms with Gasteiger partial charge in [0.2, 0.25) is 5.71 Å². The Labute approximate surface area is 112 Å². The molecular weight excluding hydrogens is 242 g/mol. The van der Waals surface area contributed by atoms with Crippen LogP contribution in [0.5, 0.6) is 0 Å². The van der Waals surface area contributed by atoms with Crippen LogP contribution >= 0.6 is 0 Å². The third-order valence-electron chi connectivity index (χ3n) is 5.21. The van der Waals surface area contributed by atoms with Crippen molar-refractivity contribution >= 4 is 11.6 Å². The van der Waals surface area contributed by atoms with E-state index in [-0.39, 0.29) is 5.41 Å². The molecule has 4 saturated carbocycles. The van der Waals surface area contributed by atoms with Crippen LogP contribution in [0.3, 0.4) is 0 Å². The van der Waals surface area contributed by atoms with Crippen LogP contribution in [-0.4, -0.2) is 23.4 Å². The van der Waals surface area contributed by atoms with E-state index < -0.39 is 11.6 Å². The van der Waals surface area contributed by atoms with Gasteiger partial charge >= 0.3 is 0 Å². The van der Waals surface area contributed by atoms with Crippen molar-refractivity contribution in [1.82, 2.24) is 5.32 Å². The Kier molecular flexibility index (Phi) is 2.96. The van der Waals surface area contributed by atoms with Gasteiger partial charge in [-0.05, 0) is 61.7 Å². The van der Waals surface area contributed by atoms with Crippen molar-refractivity contribution in [3.05, 3.63) is 0 Å². The summed E-state index contributed by atoms with van der Waals surface area (Å²) in [5.74, 6) is 1.96. The second kappa shape index (κ2) is 4.52. The maximum absolute atomic E-state index is 11.7. The molecule has 0 unspecified atom stereocenters. The first-order valence-electron chi connectivity index (χ1n) is 7.04. The average Bonchev–Trinajstić information content (AvgIpc) is 2.36. The van der Waals surface area contributed by atoms with Crippen LogP contribution in [0.1, 0.15) is 38.5 Å². The molecule has 4 aliphatic carbocycles. The summed E-state index contributed by atoms with van der Waals surface area (Å²) in [7, 11) is 0. The first-order valence-corrected chi connectivity index (χ1v) is 7.04. The van der Waals surface area contributed by atoms with E-state index in [9.17, 15) is 4.79 Å². The molecule has 0 aromatic carbocycles. The van der Waals surface area contributed by atoms with Gasteiger partial charge in [-0.2, -0.15) is 5.26 Å². The number of nitrogens with one attached hydrogen (secondary N) is 1. The number of carbonyl (C=O) groups is 1. The van der Waals surface area contributed by atoms with Crippen LogP contribution in [0.15, 0.2) is 5.16 Å². The number of hydrogen-bond donors (Lipinski definition) is 2. The van der Waals surface area contributed by atoms with Gasteiger partial charge in [-0.25, -0.2) is 0 Å². The molecule has 0 aromatic rings. The number of amides is 1. The first kappa shape index (κ1) is 12.5. The summed E-state index contributed by atoms with van der Waals surface area (Å²) >= 11 is 0. The van der Waals surface area contributed by atoms with E-state index in [2.05, 4.69) is 10.5 Å². The third kappa shape index (κ3) is 2.20. The second-order valence-electron chi connectivity index (χ2n) is 6.66. The molecule has 0 atom stereocenters. The molecule has 4 rings (SSSR count).